The molecular formula is C25H18Cl2INO4. The fraction of sp³-hybridized carbons (Fsp3) is 0.120. The van der Waals surface area contributed by atoms with E-state index in [2.05, 4.69) is 27.6 Å². The van der Waals surface area contributed by atoms with Gasteiger partial charge in [-0.05, 0) is 94.7 Å². The second-order valence-corrected chi connectivity index (χ2v) is 9.26. The maximum Gasteiger partial charge on any atom is 0.363 e. The molecule has 0 atom stereocenters. The van der Waals surface area contributed by atoms with Crippen molar-refractivity contribution in [2.45, 2.75) is 13.5 Å². The zero-order valence-corrected chi connectivity index (χ0v) is 21.4. The van der Waals surface area contributed by atoms with Gasteiger partial charge in [-0.1, -0.05) is 35.3 Å². The number of hydrogen-bond donors (Lipinski definition) is 0. The zero-order valence-electron chi connectivity index (χ0n) is 17.7. The first-order valence-electron chi connectivity index (χ1n) is 9.88. The third-order valence-electron chi connectivity index (χ3n) is 4.85. The Morgan fingerprint density at radius 2 is 1.94 bits per heavy atom. The Morgan fingerprint density at radius 1 is 1.12 bits per heavy atom. The molecule has 0 saturated carbocycles. The van der Waals surface area contributed by atoms with Gasteiger partial charge in [0.1, 0.15) is 6.61 Å². The van der Waals surface area contributed by atoms with E-state index in [9.17, 15) is 4.79 Å². The highest BCUT2D eigenvalue weighted by molar-refractivity contribution is 14.1. The standard InChI is InChI=1S/C25H18Cl2INO4/c1-14-8-17(6-7-20(14)28)24-29-21(25(30)33-24)11-16-10-19(27)23(22(12-16)31-2)32-13-15-4-3-5-18(26)9-15/h3-12H,13H2,1-2H3/b21-11-. The Bertz CT molecular complexity index is 1300. The van der Waals surface area contributed by atoms with Crippen LogP contribution < -0.4 is 9.47 Å². The van der Waals surface area contributed by atoms with Gasteiger partial charge in [0.25, 0.3) is 0 Å². The maximum atomic E-state index is 12.4. The minimum absolute atomic E-state index is 0.173. The van der Waals surface area contributed by atoms with Crippen LogP contribution in [-0.2, 0) is 16.1 Å². The lowest BCUT2D eigenvalue weighted by molar-refractivity contribution is -0.129. The molecule has 1 heterocycles. The number of cyclic esters (lactones) is 1. The van der Waals surface area contributed by atoms with Crippen molar-refractivity contribution in [3.8, 4) is 11.5 Å². The highest BCUT2D eigenvalue weighted by atomic mass is 127. The lowest BCUT2D eigenvalue weighted by atomic mass is 10.1. The van der Waals surface area contributed by atoms with Gasteiger partial charge >= 0.3 is 5.97 Å². The van der Waals surface area contributed by atoms with Gasteiger partial charge in [-0.25, -0.2) is 9.79 Å². The van der Waals surface area contributed by atoms with Crippen molar-refractivity contribution in [1.29, 1.82) is 0 Å². The van der Waals surface area contributed by atoms with E-state index < -0.39 is 5.97 Å². The first-order chi connectivity index (χ1) is 15.8. The SMILES string of the molecule is COc1cc(/C=C2\N=C(c3ccc(I)c(C)c3)OC2=O)cc(Cl)c1OCc1cccc(Cl)c1. The van der Waals surface area contributed by atoms with Crippen molar-refractivity contribution in [3.05, 3.63) is 96.2 Å². The van der Waals surface area contributed by atoms with Gasteiger partial charge in [-0.3, -0.25) is 0 Å². The van der Waals surface area contributed by atoms with Crippen LogP contribution in [-0.4, -0.2) is 19.0 Å². The molecule has 0 aromatic heterocycles. The number of aryl methyl sites for hydroxylation is 1. The molecule has 0 saturated heterocycles. The monoisotopic (exact) mass is 593 g/mol. The summed E-state index contributed by atoms with van der Waals surface area (Å²) in [4.78, 5) is 16.8. The van der Waals surface area contributed by atoms with Gasteiger partial charge in [0.05, 0.1) is 12.1 Å². The van der Waals surface area contributed by atoms with E-state index in [-0.39, 0.29) is 18.2 Å². The van der Waals surface area contributed by atoms with Crippen LogP contribution in [0.1, 0.15) is 22.3 Å². The van der Waals surface area contributed by atoms with E-state index >= 15 is 0 Å². The first-order valence-corrected chi connectivity index (χ1v) is 11.7. The van der Waals surface area contributed by atoms with Crippen LogP contribution in [0.4, 0.5) is 0 Å². The van der Waals surface area contributed by atoms with Gasteiger partial charge in [-0.15, -0.1) is 0 Å². The highest BCUT2D eigenvalue weighted by Crippen LogP contribution is 2.38. The van der Waals surface area contributed by atoms with Crippen molar-refractivity contribution in [1.82, 2.24) is 0 Å². The Kier molecular flexibility index (Phi) is 7.26. The largest absolute Gasteiger partial charge is 0.493 e. The first kappa shape index (κ1) is 23.6. The number of carbonyl (C=O) groups is 1. The summed E-state index contributed by atoms with van der Waals surface area (Å²) in [5.41, 5.74) is 3.52. The minimum Gasteiger partial charge on any atom is -0.493 e. The van der Waals surface area contributed by atoms with Gasteiger partial charge in [0.2, 0.25) is 5.90 Å². The number of aliphatic imine (C=N–C) groups is 1. The molecule has 0 N–H and O–H groups in total. The van der Waals surface area contributed by atoms with E-state index in [0.29, 0.717) is 27.1 Å². The molecule has 0 unspecified atom stereocenters. The average Bonchev–Trinajstić information content (AvgIpc) is 3.14. The van der Waals surface area contributed by atoms with Crippen molar-refractivity contribution >= 4 is 63.7 Å². The second-order valence-electron chi connectivity index (χ2n) is 7.25. The van der Waals surface area contributed by atoms with Crippen molar-refractivity contribution in [2.75, 3.05) is 7.11 Å². The number of hydrogen-bond acceptors (Lipinski definition) is 5. The molecule has 0 aliphatic carbocycles. The number of nitrogens with zero attached hydrogens (tertiary/aromatic N) is 1. The summed E-state index contributed by atoms with van der Waals surface area (Å²) >= 11 is 14.8. The summed E-state index contributed by atoms with van der Waals surface area (Å²) in [5, 5.41) is 0.965. The van der Waals surface area contributed by atoms with Crippen LogP contribution in [0.5, 0.6) is 11.5 Å². The minimum atomic E-state index is -0.530. The van der Waals surface area contributed by atoms with E-state index in [1.165, 1.54) is 7.11 Å². The predicted molar refractivity (Wildman–Crippen MR) is 138 cm³/mol. The van der Waals surface area contributed by atoms with Gasteiger partial charge in [-0.2, -0.15) is 0 Å². The van der Waals surface area contributed by atoms with Crippen molar-refractivity contribution in [3.63, 3.8) is 0 Å². The van der Waals surface area contributed by atoms with Crippen molar-refractivity contribution in [2.24, 2.45) is 4.99 Å². The third-order valence-corrected chi connectivity index (χ3v) is 6.58. The van der Waals surface area contributed by atoms with E-state index in [4.69, 9.17) is 37.4 Å². The molecular weight excluding hydrogens is 576 g/mol. The Morgan fingerprint density at radius 3 is 2.67 bits per heavy atom. The molecule has 1 aliphatic heterocycles. The number of rotatable bonds is 6. The van der Waals surface area contributed by atoms with Crippen LogP contribution >= 0.6 is 45.8 Å². The van der Waals surface area contributed by atoms with Crippen LogP contribution in [0.25, 0.3) is 6.08 Å². The number of benzene rings is 3. The molecule has 33 heavy (non-hydrogen) atoms. The van der Waals surface area contributed by atoms with Crippen molar-refractivity contribution < 1.29 is 19.0 Å². The summed E-state index contributed by atoms with van der Waals surface area (Å²) in [6, 6.07) is 16.5. The Labute approximate surface area is 215 Å². The smallest absolute Gasteiger partial charge is 0.363 e. The third kappa shape index (κ3) is 5.51. The second kappa shape index (κ2) is 10.2. The molecule has 1 aliphatic rings. The van der Waals surface area contributed by atoms with E-state index in [1.807, 2.05) is 43.3 Å². The fourth-order valence-corrected chi connectivity index (χ4v) is 4.04. The van der Waals surface area contributed by atoms with Gasteiger partial charge in [0.15, 0.2) is 17.2 Å². The van der Waals surface area contributed by atoms with Crippen LogP contribution in [0.3, 0.4) is 0 Å². The molecule has 0 amide bonds. The highest BCUT2D eigenvalue weighted by Gasteiger charge is 2.25. The summed E-state index contributed by atoms with van der Waals surface area (Å²) in [5.74, 6) is 0.567. The fourth-order valence-electron chi connectivity index (χ4n) is 3.21. The number of ether oxygens (including phenoxy) is 3. The molecule has 0 radical (unpaired) electrons. The number of esters is 1. The normalized spacial score (nSPS) is 14.3. The molecule has 168 valence electrons. The molecule has 5 nitrogen and oxygen atoms in total. The molecule has 3 aromatic carbocycles. The predicted octanol–water partition coefficient (Wildman–Crippen LogP) is 6.84. The van der Waals surface area contributed by atoms with E-state index in [0.717, 1.165) is 20.3 Å². The lowest BCUT2D eigenvalue weighted by Crippen LogP contribution is -2.05. The number of halogens is 3. The van der Waals surface area contributed by atoms with Crippen LogP contribution in [0, 0.1) is 10.5 Å². The van der Waals surface area contributed by atoms with Gasteiger partial charge < -0.3 is 14.2 Å². The Balaban J connectivity index is 1.59. The molecule has 0 spiro atoms. The van der Waals surface area contributed by atoms with E-state index in [1.54, 1.807) is 24.3 Å². The maximum absolute atomic E-state index is 12.4. The average molecular weight is 594 g/mol. The Hall–Kier alpha value is -2.55. The molecule has 3 aromatic rings. The zero-order chi connectivity index (χ0) is 23.5. The molecule has 0 bridgehead atoms. The summed E-state index contributed by atoms with van der Waals surface area (Å²) < 4.78 is 17.9. The summed E-state index contributed by atoms with van der Waals surface area (Å²) in [6.07, 6.45) is 1.60. The number of carbonyl (C=O) groups excluding carboxylic acids is 1. The molecule has 8 heteroatoms. The van der Waals surface area contributed by atoms with Crippen LogP contribution in [0.15, 0.2) is 65.3 Å². The molecule has 4 rings (SSSR count). The molecule has 0 fully saturated rings. The lowest BCUT2D eigenvalue weighted by Gasteiger charge is -2.13. The summed E-state index contributed by atoms with van der Waals surface area (Å²) in [6.45, 7) is 2.26. The van der Waals surface area contributed by atoms with Crippen LogP contribution in [0.2, 0.25) is 10.0 Å². The topological polar surface area (TPSA) is 57.1 Å². The van der Waals surface area contributed by atoms with Gasteiger partial charge in [0, 0.05) is 14.2 Å². The quantitative estimate of drug-likeness (QED) is 0.178. The summed E-state index contributed by atoms with van der Waals surface area (Å²) in [7, 11) is 1.52. The number of methoxy groups -OCH3 is 1.